The zero-order valence-corrected chi connectivity index (χ0v) is 11.2. The number of alkyl halides is 6. The van der Waals surface area contributed by atoms with Crippen LogP contribution in [0, 0.1) is 6.92 Å². The summed E-state index contributed by atoms with van der Waals surface area (Å²) >= 11 is 0. The first-order valence-electron chi connectivity index (χ1n) is 6.10. The van der Waals surface area contributed by atoms with E-state index < -0.39 is 23.9 Å². The molecule has 0 heterocycles. The zero-order valence-electron chi connectivity index (χ0n) is 11.2. The zero-order chi connectivity index (χ0) is 16.5. The maximum atomic E-state index is 12.7. The Hall–Kier alpha value is -2.18. The lowest BCUT2D eigenvalue weighted by atomic mass is 10.0. The van der Waals surface area contributed by atoms with Crippen molar-refractivity contribution in [1.29, 1.82) is 0 Å². The number of benzene rings is 2. The highest BCUT2D eigenvalue weighted by atomic mass is 19.4. The van der Waals surface area contributed by atoms with Gasteiger partial charge in [0.2, 0.25) is 0 Å². The molecular formula is C15H10F6O. The summed E-state index contributed by atoms with van der Waals surface area (Å²) in [7, 11) is 0. The maximum absolute atomic E-state index is 12.7. The summed E-state index contributed by atoms with van der Waals surface area (Å²) in [5.74, 6) is -0.442. The van der Waals surface area contributed by atoms with Gasteiger partial charge in [-0.2, -0.15) is 13.2 Å². The van der Waals surface area contributed by atoms with Crippen LogP contribution in [0.3, 0.4) is 0 Å². The topological polar surface area (TPSA) is 9.23 Å². The Morgan fingerprint density at radius 1 is 0.818 bits per heavy atom. The van der Waals surface area contributed by atoms with Crippen LogP contribution in [0.1, 0.15) is 11.1 Å². The smallest absolute Gasteiger partial charge is 0.405 e. The lowest BCUT2D eigenvalue weighted by Crippen LogP contribution is -2.17. The van der Waals surface area contributed by atoms with E-state index in [2.05, 4.69) is 4.74 Å². The minimum Gasteiger partial charge on any atom is -0.405 e. The van der Waals surface area contributed by atoms with Crippen molar-refractivity contribution in [2.24, 2.45) is 0 Å². The van der Waals surface area contributed by atoms with E-state index >= 15 is 0 Å². The molecule has 0 aliphatic carbocycles. The highest BCUT2D eigenvalue weighted by Gasteiger charge is 2.32. The molecule has 0 atom stereocenters. The maximum Gasteiger partial charge on any atom is 0.573 e. The SMILES string of the molecule is Cc1ccc(-c2cccc(C(F)(F)F)c2)cc1OC(F)(F)F. The summed E-state index contributed by atoms with van der Waals surface area (Å²) in [6.07, 6.45) is -9.39. The van der Waals surface area contributed by atoms with Gasteiger partial charge in [0.05, 0.1) is 5.56 Å². The minimum absolute atomic E-state index is 0.154. The molecule has 0 spiro atoms. The summed E-state index contributed by atoms with van der Waals surface area (Å²) in [5, 5.41) is 0. The van der Waals surface area contributed by atoms with Gasteiger partial charge in [0.1, 0.15) is 5.75 Å². The first-order valence-corrected chi connectivity index (χ1v) is 6.10. The van der Waals surface area contributed by atoms with Crippen LogP contribution in [-0.2, 0) is 6.18 Å². The molecule has 22 heavy (non-hydrogen) atoms. The molecule has 0 aliphatic rings. The van der Waals surface area contributed by atoms with Crippen LogP contribution in [-0.4, -0.2) is 6.36 Å². The third-order valence-corrected chi connectivity index (χ3v) is 2.94. The lowest BCUT2D eigenvalue weighted by Gasteiger charge is -2.13. The Balaban J connectivity index is 2.44. The van der Waals surface area contributed by atoms with Gasteiger partial charge in [-0.25, -0.2) is 0 Å². The standard InChI is InChI=1S/C15H10F6O/c1-9-5-6-11(8-13(9)22-15(19,20)21)10-3-2-4-12(7-10)14(16,17)18/h2-8H,1H3. The van der Waals surface area contributed by atoms with Crippen molar-refractivity contribution in [1.82, 2.24) is 0 Å². The van der Waals surface area contributed by atoms with E-state index in [1.165, 1.54) is 31.2 Å². The van der Waals surface area contributed by atoms with Crippen molar-refractivity contribution in [3.05, 3.63) is 53.6 Å². The van der Waals surface area contributed by atoms with Gasteiger partial charge in [-0.1, -0.05) is 24.3 Å². The van der Waals surface area contributed by atoms with Gasteiger partial charge in [-0.05, 0) is 41.8 Å². The van der Waals surface area contributed by atoms with E-state index in [1.54, 1.807) is 0 Å². The molecule has 7 heteroatoms. The van der Waals surface area contributed by atoms with Crippen LogP contribution in [0.15, 0.2) is 42.5 Å². The first kappa shape index (κ1) is 16.2. The van der Waals surface area contributed by atoms with E-state index in [9.17, 15) is 26.3 Å². The fourth-order valence-electron chi connectivity index (χ4n) is 1.89. The molecule has 0 aromatic heterocycles. The van der Waals surface area contributed by atoms with E-state index in [1.807, 2.05) is 0 Å². The number of rotatable bonds is 2. The van der Waals surface area contributed by atoms with Gasteiger partial charge >= 0.3 is 12.5 Å². The fraction of sp³-hybridized carbons (Fsp3) is 0.200. The predicted molar refractivity (Wildman–Crippen MR) is 68.3 cm³/mol. The minimum atomic E-state index is -4.86. The van der Waals surface area contributed by atoms with Crippen molar-refractivity contribution in [2.45, 2.75) is 19.5 Å². The molecule has 0 unspecified atom stereocenters. The molecule has 0 bridgehead atoms. The Bertz CT molecular complexity index is 672. The van der Waals surface area contributed by atoms with Crippen molar-refractivity contribution in [3.8, 4) is 16.9 Å². The molecule has 2 aromatic rings. The van der Waals surface area contributed by atoms with Crippen molar-refractivity contribution in [2.75, 3.05) is 0 Å². The third kappa shape index (κ3) is 3.93. The summed E-state index contributed by atoms with van der Waals surface area (Å²) in [5.41, 5.74) is -0.283. The van der Waals surface area contributed by atoms with E-state index in [-0.39, 0.29) is 16.7 Å². The number of hydrogen-bond donors (Lipinski definition) is 0. The first-order chi connectivity index (χ1) is 10.1. The molecule has 0 N–H and O–H groups in total. The molecular weight excluding hydrogens is 310 g/mol. The number of hydrogen-bond acceptors (Lipinski definition) is 1. The normalized spacial score (nSPS) is 12.3. The van der Waals surface area contributed by atoms with Crippen LogP contribution < -0.4 is 4.74 Å². The molecule has 0 amide bonds. The predicted octanol–water partition coefficient (Wildman–Crippen LogP) is 5.58. The quantitative estimate of drug-likeness (QED) is 0.656. The van der Waals surface area contributed by atoms with Gasteiger partial charge in [-0.15, -0.1) is 13.2 Å². The summed E-state index contributed by atoms with van der Waals surface area (Å²) < 4.78 is 78.8. The molecule has 0 radical (unpaired) electrons. The number of halogens is 6. The second kappa shape index (κ2) is 5.55. The molecule has 1 nitrogen and oxygen atoms in total. The molecule has 2 aromatic carbocycles. The van der Waals surface area contributed by atoms with Crippen LogP contribution in [0.5, 0.6) is 5.75 Å². The fourth-order valence-corrected chi connectivity index (χ4v) is 1.89. The summed E-state index contributed by atoms with van der Waals surface area (Å²) in [4.78, 5) is 0. The molecule has 0 saturated heterocycles. The average molecular weight is 320 g/mol. The lowest BCUT2D eigenvalue weighted by molar-refractivity contribution is -0.274. The second-order valence-electron chi connectivity index (χ2n) is 4.61. The van der Waals surface area contributed by atoms with Crippen LogP contribution in [0.2, 0.25) is 0 Å². The van der Waals surface area contributed by atoms with Gasteiger partial charge in [0, 0.05) is 0 Å². The van der Waals surface area contributed by atoms with E-state index in [0.717, 1.165) is 18.2 Å². The second-order valence-corrected chi connectivity index (χ2v) is 4.61. The van der Waals surface area contributed by atoms with Crippen LogP contribution in [0.25, 0.3) is 11.1 Å². The monoisotopic (exact) mass is 320 g/mol. The largest absolute Gasteiger partial charge is 0.573 e. The van der Waals surface area contributed by atoms with Crippen LogP contribution in [0.4, 0.5) is 26.3 Å². The Morgan fingerprint density at radius 3 is 2.05 bits per heavy atom. The molecule has 2 rings (SSSR count). The molecule has 0 fully saturated rings. The van der Waals surface area contributed by atoms with Crippen LogP contribution >= 0.6 is 0 Å². The third-order valence-electron chi connectivity index (χ3n) is 2.94. The van der Waals surface area contributed by atoms with Crippen molar-refractivity contribution < 1.29 is 31.1 Å². The Labute approximate surface area is 122 Å². The highest BCUT2D eigenvalue weighted by molar-refractivity contribution is 5.67. The molecule has 0 saturated carbocycles. The van der Waals surface area contributed by atoms with Crippen molar-refractivity contribution in [3.63, 3.8) is 0 Å². The molecule has 0 aliphatic heterocycles. The van der Waals surface area contributed by atoms with Gasteiger partial charge < -0.3 is 4.74 Å². The van der Waals surface area contributed by atoms with Gasteiger partial charge in [0.15, 0.2) is 0 Å². The van der Waals surface area contributed by atoms with Crippen molar-refractivity contribution >= 4 is 0 Å². The van der Waals surface area contributed by atoms with Gasteiger partial charge in [0.25, 0.3) is 0 Å². The number of aryl methyl sites for hydroxylation is 1. The summed E-state index contributed by atoms with van der Waals surface area (Å²) in [6, 6.07) is 8.22. The highest BCUT2D eigenvalue weighted by Crippen LogP contribution is 2.34. The van der Waals surface area contributed by atoms with E-state index in [0.29, 0.717) is 0 Å². The average Bonchev–Trinajstić information content (AvgIpc) is 2.39. The molecule has 118 valence electrons. The Morgan fingerprint density at radius 2 is 1.45 bits per heavy atom. The van der Waals surface area contributed by atoms with Gasteiger partial charge in [-0.3, -0.25) is 0 Å². The van der Waals surface area contributed by atoms with E-state index in [4.69, 9.17) is 0 Å². The Kier molecular flexibility index (Phi) is 4.08. The number of ether oxygens (including phenoxy) is 1. The summed E-state index contributed by atoms with van der Waals surface area (Å²) in [6.45, 7) is 1.41.